The van der Waals surface area contributed by atoms with Gasteiger partial charge in [0.25, 0.3) is 11.4 Å². The van der Waals surface area contributed by atoms with Crippen LogP contribution in [0.15, 0.2) is 94.6 Å². The number of carbonyl (C=O) groups excluding carboxylic acids is 1. The number of carbonyl (C=O) groups is 1. The van der Waals surface area contributed by atoms with E-state index < -0.39 is 0 Å². The van der Waals surface area contributed by atoms with Crippen molar-refractivity contribution in [2.75, 3.05) is 0 Å². The molecule has 176 valence electrons. The third kappa shape index (κ3) is 3.48. The molecule has 0 radical (unpaired) electrons. The van der Waals surface area contributed by atoms with Crippen molar-refractivity contribution in [3.63, 3.8) is 0 Å². The van der Waals surface area contributed by atoms with Crippen molar-refractivity contribution in [2.24, 2.45) is 0 Å². The van der Waals surface area contributed by atoms with E-state index in [2.05, 4.69) is 19.7 Å². The lowest BCUT2D eigenvalue weighted by Crippen LogP contribution is -2.01. The summed E-state index contributed by atoms with van der Waals surface area (Å²) in [4.78, 5) is 29.6. The zero-order valence-electron chi connectivity index (χ0n) is 19.6. The minimum Gasteiger partial charge on any atom is -0.416 e. The van der Waals surface area contributed by atoms with Gasteiger partial charge in [-0.1, -0.05) is 66.7 Å². The number of allylic oxidation sites excluding steroid dienone is 3. The van der Waals surface area contributed by atoms with Crippen LogP contribution in [0.4, 0.5) is 5.69 Å². The molecule has 0 aliphatic heterocycles. The topological polar surface area (TPSA) is 93.4 Å². The van der Waals surface area contributed by atoms with Gasteiger partial charge in [0.05, 0.1) is 19.2 Å². The highest BCUT2D eigenvalue weighted by molar-refractivity contribution is 6.29. The standard InChI is InChI=1S/C30H14N6O2/c1-32-19-14-12-18(13-15-19)29-35-28-30(38-29)34-25(36(28)20-8-4-3-5-9-20)16-23-26(24(17-31)33-2)21-10-6-7-11-22(21)27(23)37/h3-16H/b23-16-,26-24-. The first-order valence-corrected chi connectivity index (χ1v) is 11.4. The molecule has 0 fully saturated rings. The van der Waals surface area contributed by atoms with Gasteiger partial charge >= 0.3 is 0 Å². The van der Waals surface area contributed by atoms with E-state index in [0.717, 1.165) is 5.69 Å². The second kappa shape index (κ2) is 8.87. The van der Waals surface area contributed by atoms with Crippen LogP contribution < -0.4 is 0 Å². The van der Waals surface area contributed by atoms with Crippen molar-refractivity contribution in [3.05, 3.63) is 130 Å². The minimum absolute atomic E-state index is 0.167. The van der Waals surface area contributed by atoms with Crippen LogP contribution in [0.25, 0.3) is 49.8 Å². The molecule has 1 aliphatic carbocycles. The lowest BCUT2D eigenvalue weighted by Gasteiger charge is -2.07. The molecule has 0 unspecified atom stereocenters. The molecule has 0 amide bonds. The Morgan fingerprint density at radius 1 is 0.947 bits per heavy atom. The van der Waals surface area contributed by atoms with Gasteiger partial charge in [0, 0.05) is 28.0 Å². The Morgan fingerprint density at radius 2 is 1.66 bits per heavy atom. The number of imidazole rings is 1. The number of benzene rings is 3. The molecule has 0 saturated heterocycles. The summed E-state index contributed by atoms with van der Waals surface area (Å²) in [6.07, 6.45) is 1.58. The van der Waals surface area contributed by atoms with Crippen LogP contribution in [0.3, 0.4) is 0 Å². The van der Waals surface area contributed by atoms with Crippen molar-refractivity contribution < 1.29 is 9.21 Å². The molecule has 0 saturated carbocycles. The molecular weight excluding hydrogens is 476 g/mol. The quantitative estimate of drug-likeness (QED) is 0.160. The van der Waals surface area contributed by atoms with Crippen molar-refractivity contribution in [1.82, 2.24) is 14.5 Å². The van der Waals surface area contributed by atoms with Crippen LogP contribution in [0, 0.1) is 24.5 Å². The molecule has 0 N–H and O–H groups in total. The monoisotopic (exact) mass is 490 g/mol. The van der Waals surface area contributed by atoms with Gasteiger partial charge in [0.15, 0.2) is 11.5 Å². The maximum atomic E-state index is 13.4. The summed E-state index contributed by atoms with van der Waals surface area (Å²) in [6.45, 7) is 14.7. The number of hydrogen-bond acceptors (Lipinski definition) is 5. The van der Waals surface area contributed by atoms with E-state index in [9.17, 15) is 10.1 Å². The smallest absolute Gasteiger partial charge is 0.270 e. The summed E-state index contributed by atoms with van der Waals surface area (Å²) in [5.74, 6) is 0.413. The van der Waals surface area contributed by atoms with E-state index in [0.29, 0.717) is 39.7 Å². The van der Waals surface area contributed by atoms with Gasteiger partial charge in [-0.05, 0) is 23.8 Å². The molecule has 3 aromatic carbocycles. The first kappa shape index (κ1) is 22.4. The van der Waals surface area contributed by atoms with E-state index in [4.69, 9.17) is 17.6 Å². The molecule has 8 nitrogen and oxygen atoms in total. The Kier molecular flexibility index (Phi) is 5.24. The number of oxazole rings is 1. The fourth-order valence-corrected chi connectivity index (χ4v) is 4.48. The molecule has 2 aromatic heterocycles. The zero-order valence-corrected chi connectivity index (χ0v) is 19.6. The normalized spacial score (nSPS) is 14.7. The third-order valence-electron chi connectivity index (χ3n) is 6.19. The Labute approximate surface area is 216 Å². The van der Waals surface area contributed by atoms with Gasteiger partial charge in [-0.25, -0.2) is 15.0 Å². The summed E-state index contributed by atoms with van der Waals surface area (Å²) in [7, 11) is 0. The first-order chi connectivity index (χ1) is 18.6. The van der Waals surface area contributed by atoms with E-state index >= 15 is 0 Å². The second-order valence-corrected chi connectivity index (χ2v) is 8.33. The molecule has 5 aromatic rings. The number of hydrogen-bond donors (Lipinski definition) is 0. The maximum absolute atomic E-state index is 13.4. The van der Waals surface area contributed by atoms with Gasteiger partial charge in [-0.15, -0.1) is 0 Å². The molecule has 8 heteroatoms. The SMILES string of the molecule is [C-]#[N+]/C(C#N)=C1\C(=C\c2nc3oc(-c4ccc([N+]#[C-])cc4)nc3n2-c2ccccc2)C(=O)c2ccccc21. The summed E-state index contributed by atoms with van der Waals surface area (Å²) < 4.78 is 7.76. The summed E-state index contributed by atoms with van der Waals surface area (Å²) in [6, 6.07) is 25.1. The highest BCUT2D eigenvalue weighted by Gasteiger charge is 2.33. The Balaban J connectivity index is 1.58. The summed E-state index contributed by atoms with van der Waals surface area (Å²) in [5, 5.41) is 9.65. The molecule has 0 spiro atoms. The average Bonchev–Trinajstić information content (AvgIpc) is 3.60. The van der Waals surface area contributed by atoms with Crippen LogP contribution in [-0.4, -0.2) is 20.3 Å². The second-order valence-electron chi connectivity index (χ2n) is 8.33. The lowest BCUT2D eigenvalue weighted by atomic mass is 10.0. The summed E-state index contributed by atoms with van der Waals surface area (Å²) >= 11 is 0. The van der Waals surface area contributed by atoms with Crippen molar-refractivity contribution in [1.29, 1.82) is 5.26 Å². The number of aromatic nitrogens is 3. The zero-order chi connectivity index (χ0) is 26.2. The molecular formula is C30H14N6O2. The van der Waals surface area contributed by atoms with E-state index in [-0.39, 0.29) is 28.3 Å². The number of nitriles is 1. The molecule has 2 heterocycles. The van der Waals surface area contributed by atoms with Crippen LogP contribution in [-0.2, 0) is 0 Å². The summed E-state index contributed by atoms with van der Waals surface area (Å²) in [5.41, 5.74) is 3.93. The number of nitrogens with zero attached hydrogens (tertiary/aromatic N) is 6. The fraction of sp³-hybridized carbons (Fsp3) is 0. The van der Waals surface area contributed by atoms with Gasteiger partial charge in [-0.3, -0.25) is 9.36 Å². The maximum Gasteiger partial charge on any atom is 0.270 e. The Hall–Kier alpha value is -6.04. The van der Waals surface area contributed by atoms with E-state index in [1.54, 1.807) is 59.2 Å². The number of fused-ring (bicyclic) bond motifs is 2. The molecule has 0 atom stereocenters. The highest BCUT2D eigenvalue weighted by atomic mass is 16.4. The minimum atomic E-state index is -0.292. The van der Waals surface area contributed by atoms with Gasteiger partial charge in [0.1, 0.15) is 5.82 Å². The van der Waals surface area contributed by atoms with Crippen molar-refractivity contribution in [3.8, 4) is 23.2 Å². The average molecular weight is 490 g/mol. The predicted octanol–water partition coefficient (Wildman–Crippen LogP) is 6.67. The Morgan fingerprint density at radius 3 is 2.34 bits per heavy atom. The van der Waals surface area contributed by atoms with E-state index in [1.807, 2.05) is 36.4 Å². The number of ketones is 1. The Bertz CT molecular complexity index is 1940. The van der Waals surface area contributed by atoms with E-state index in [1.165, 1.54) is 0 Å². The van der Waals surface area contributed by atoms with Crippen LogP contribution >= 0.6 is 0 Å². The van der Waals surface area contributed by atoms with Crippen molar-refractivity contribution in [2.45, 2.75) is 0 Å². The largest absolute Gasteiger partial charge is 0.416 e. The number of Topliss-reactive ketones (excluding diaryl/α,β-unsaturated/α-hetero) is 1. The molecule has 1 aliphatic rings. The van der Waals surface area contributed by atoms with Crippen LogP contribution in [0.2, 0.25) is 0 Å². The van der Waals surface area contributed by atoms with Crippen LogP contribution in [0.5, 0.6) is 0 Å². The highest BCUT2D eigenvalue weighted by Crippen LogP contribution is 2.40. The fourth-order valence-electron chi connectivity index (χ4n) is 4.48. The lowest BCUT2D eigenvalue weighted by molar-refractivity contribution is 0.104. The number of rotatable bonds is 3. The first-order valence-electron chi connectivity index (χ1n) is 11.4. The molecule has 38 heavy (non-hydrogen) atoms. The van der Waals surface area contributed by atoms with Gasteiger partial charge in [-0.2, -0.15) is 9.97 Å². The number of para-hydroxylation sites is 1. The van der Waals surface area contributed by atoms with Crippen molar-refractivity contribution >= 4 is 34.5 Å². The van der Waals surface area contributed by atoms with Crippen LogP contribution in [0.1, 0.15) is 21.7 Å². The predicted molar refractivity (Wildman–Crippen MR) is 141 cm³/mol. The molecule has 6 rings (SSSR count). The molecule has 0 bridgehead atoms. The van der Waals surface area contributed by atoms with Gasteiger partial charge < -0.3 is 4.42 Å². The van der Waals surface area contributed by atoms with Gasteiger partial charge in [0.2, 0.25) is 11.5 Å². The third-order valence-corrected chi connectivity index (χ3v) is 6.19.